The third-order valence-electron chi connectivity index (χ3n) is 3.57. The fraction of sp³-hybridized carbons (Fsp3) is 0.294. The van der Waals surface area contributed by atoms with Gasteiger partial charge in [0.2, 0.25) is 5.43 Å². The highest BCUT2D eigenvalue weighted by Gasteiger charge is 2.17. The number of nitrogens with one attached hydrogen (secondary N) is 1. The van der Waals surface area contributed by atoms with Crippen LogP contribution in [-0.4, -0.2) is 38.0 Å². The second kappa shape index (κ2) is 6.26. The molecule has 0 atom stereocenters. The minimum atomic E-state index is -0.349. The summed E-state index contributed by atoms with van der Waals surface area (Å²) in [6, 6.07) is 8.37. The molecule has 0 saturated heterocycles. The van der Waals surface area contributed by atoms with Crippen molar-refractivity contribution in [2.45, 2.75) is 6.42 Å². The van der Waals surface area contributed by atoms with Crippen molar-refractivity contribution in [3.8, 4) is 0 Å². The van der Waals surface area contributed by atoms with E-state index in [1.165, 1.54) is 6.07 Å². The van der Waals surface area contributed by atoms with Crippen molar-refractivity contribution < 1.29 is 13.6 Å². The van der Waals surface area contributed by atoms with Crippen LogP contribution in [0, 0.1) is 0 Å². The highest BCUT2D eigenvalue weighted by molar-refractivity contribution is 5.97. The van der Waals surface area contributed by atoms with Crippen LogP contribution in [0.3, 0.4) is 0 Å². The van der Waals surface area contributed by atoms with Gasteiger partial charge in [0.05, 0.1) is 5.39 Å². The van der Waals surface area contributed by atoms with Gasteiger partial charge in [-0.15, -0.1) is 0 Å². The molecule has 0 saturated carbocycles. The van der Waals surface area contributed by atoms with E-state index in [0.29, 0.717) is 17.5 Å². The summed E-state index contributed by atoms with van der Waals surface area (Å²) in [6.07, 6.45) is 0.833. The third-order valence-corrected chi connectivity index (χ3v) is 3.57. The maximum Gasteiger partial charge on any atom is 0.302 e. The average molecular weight is 314 g/mol. The summed E-state index contributed by atoms with van der Waals surface area (Å²) in [4.78, 5) is 26.5. The fourth-order valence-corrected chi connectivity index (χ4v) is 2.39. The first-order valence-electron chi connectivity index (χ1n) is 7.44. The zero-order chi connectivity index (χ0) is 16.4. The highest BCUT2D eigenvalue weighted by Crippen LogP contribution is 2.21. The van der Waals surface area contributed by atoms with Gasteiger partial charge in [-0.05, 0) is 39.2 Å². The number of amides is 1. The number of fused-ring (bicyclic) bond motifs is 2. The van der Waals surface area contributed by atoms with Crippen LogP contribution in [0.1, 0.15) is 17.0 Å². The molecule has 0 spiro atoms. The largest absolute Gasteiger partial charge is 0.425 e. The van der Waals surface area contributed by atoms with Crippen molar-refractivity contribution in [3.05, 3.63) is 46.3 Å². The van der Waals surface area contributed by atoms with Gasteiger partial charge in [0.1, 0.15) is 11.0 Å². The summed E-state index contributed by atoms with van der Waals surface area (Å²) in [6.45, 7) is 1.42. The molecule has 3 aromatic rings. The molecule has 2 aromatic heterocycles. The van der Waals surface area contributed by atoms with Crippen LogP contribution >= 0.6 is 0 Å². The monoisotopic (exact) mass is 314 g/mol. The van der Waals surface area contributed by atoms with Crippen LogP contribution in [0.25, 0.3) is 22.1 Å². The lowest BCUT2D eigenvalue weighted by Gasteiger charge is -2.08. The maximum atomic E-state index is 12.4. The summed E-state index contributed by atoms with van der Waals surface area (Å²) in [5.74, 6) is -0.188. The van der Waals surface area contributed by atoms with Gasteiger partial charge >= 0.3 is 5.78 Å². The van der Waals surface area contributed by atoms with E-state index in [9.17, 15) is 9.59 Å². The molecule has 0 fully saturated rings. The van der Waals surface area contributed by atoms with Gasteiger partial charge in [0.15, 0.2) is 5.76 Å². The van der Waals surface area contributed by atoms with E-state index in [1.54, 1.807) is 24.3 Å². The smallest absolute Gasteiger partial charge is 0.302 e. The Kier molecular flexibility index (Phi) is 4.16. The van der Waals surface area contributed by atoms with Crippen molar-refractivity contribution in [2.24, 2.45) is 0 Å². The van der Waals surface area contributed by atoms with Crippen LogP contribution < -0.4 is 10.7 Å². The number of rotatable bonds is 5. The Balaban J connectivity index is 1.85. The number of carbonyl (C=O) groups is 1. The molecule has 6 heteroatoms. The molecule has 6 nitrogen and oxygen atoms in total. The number of para-hydroxylation sites is 1. The molecule has 0 aliphatic heterocycles. The van der Waals surface area contributed by atoms with Crippen LogP contribution in [-0.2, 0) is 0 Å². The van der Waals surface area contributed by atoms with E-state index in [-0.39, 0.29) is 28.3 Å². The topological polar surface area (TPSA) is 75.7 Å². The Labute approximate surface area is 132 Å². The van der Waals surface area contributed by atoms with Gasteiger partial charge in [0.25, 0.3) is 5.91 Å². The van der Waals surface area contributed by atoms with Crippen molar-refractivity contribution in [3.63, 3.8) is 0 Å². The van der Waals surface area contributed by atoms with Crippen molar-refractivity contribution in [1.82, 2.24) is 10.2 Å². The number of carbonyl (C=O) groups excluding carboxylic acids is 1. The number of hydrogen-bond donors (Lipinski definition) is 1. The fourth-order valence-electron chi connectivity index (χ4n) is 2.39. The van der Waals surface area contributed by atoms with Gasteiger partial charge in [-0.1, -0.05) is 12.1 Å². The number of nitrogens with zero attached hydrogens (tertiary/aromatic N) is 1. The van der Waals surface area contributed by atoms with Crippen molar-refractivity contribution >= 4 is 28.0 Å². The molecule has 0 aliphatic carbocycles. The zero-order valence-electron chi connectivity index (χ0n) is 13.1. The third kappa shape index (κ3) is 3.12. The van der Waals surface area contributed by atoms with E-state index in [4.69, 9.17) is 8.83 Å². The predicted octanol–water partition coefficient (Wildman–Crippen LogP) is 2.22. The van der Waals surface area contributed by atoms with Crippen LogP contribution in [0.5, 0.6) is 0 Å². The Hall–Kier alpha value is -2.60. The second-order valence-electron chi connectivity index (χ2n) is 5.65. The van der Waals surface area contributed by atoms with E-state index in [1.807, 2.05) is 19.0 Å². The SMILES string of the molecule is CN(C)CCCNC(=O)c1cc2c(=O)c3ccccc3oc2o1. The van der Waals surface area contributed by atoms with E-state index >= 15 is 0 Å². The minimum Gasteiger partial charge on any atom is -0.425 e. The summed E-state index contributed by atoms with van der Waals surface area (Å²) in [7, 11) is 3.95. The Morgan fingerprint density at radius 2 is 1.96 bits per heavy atom. The first-order valence-corrected chi connectivity index (χ1v) is 7.44. The van der Waals surface area contributed by atoms with Gasteiger partial charge in [-0.3, -0.25) is 9.59 Å². The zero-order valence-corrected chi connectivity index (χ0v) is 13.1. The van der Waals surface area contributed by atoms with Crippen molar-refractivity contribution in [2.75, 3.05) is 27.2 Å². The first-order chi connectivity index (χ1) is 11.1. The molecule has 1 N–H and O–H groups in total. The molecule has 0 bridgehead atoms. The number of hydrogen-bond acceptors (Lipinski definition) is 5. The lowest BCUT2D eigenvalue weighted by Crippen LogP contribution is -2.26. The highest BCUT2D eigenvalue weighted by atomic mass is 16.5. The van der Waals surface area contributed by atoms with Crippen LogP contribution in [0.4, 0.5) is 0 Å². The van der Waals surface area contributed by atoms with Gasteiger partial charge in [-0.25, -0.2) is 0 Å². The number of furan rings is 1. The molecule has 120 valence electrons. The molecule has 0 radical (unpaired) electrons. The molecular weight excluding hydrogens is 296 g/mol. The van der Waals surface area contributed by atoms with Gasteiger partial charge in [0, 0.05) is 12.6 Å². The van der Waals surface area contributed by atoms with E-state index in [2.05, 4.69) is 5.32 Å². The molecule has 3 rings (SSSR count). The molecule has 1 amide bonds. The average Bonchev–Trinajstić information content (AvgIpc) is 2.96. The first kappa shape index (κ1) is 15.3. The minimum absolute atomic E-state index is 0.0761. The Morgan fingerprint density at radius 1 is 1.17 bits per heavy atom. The van der Waals surface area contributed by atoms with E-state index < -0.39 is 0 Å². The predicted molar refractivity (Wildman–Crippen MR) is 87.8 cm³/mol. The molecule has 0 unspecified atom stereocenters. The summed E-state index contributed by atoms with van der Waals surface area (Å²) < 4.78 is 11.0. The molecule has 1 aromatic carbocycles. The quantitative estimate of drug-likeness (QED) is 0.731. The number of benzene rings is 1. The Bertz CT molecular complexity index is 908. The summed E-state index contributed by atoms with van der Waals surface area (Å²) in [5.41, 5.74) is 0.245. The van der Waals surface area contributed by atoms with Crippen molar-refractivity contribution in [1.29, 1.82) is 0 Å². The standard InChI is InChI=1S/C17H18N2O4/c1-19(2)9-5-8-18-16(21)14-10-12-15(20)11-6-3-4-7-13(11)22-17(12)23-14/h3-4,6-7,10H,5,8-9H2,1-2H3,(H,18,21). The van der Waals surface area contributed by atoms with Crippen LogP contribution in [0.2, 0.25) is 0 Å². The summed E-state index contributed by atoms with van der Waals surface area (Å²) in [5, 5.41) is 3.52. The van der Waals surface area contributed by atoms with Crippen LogP contribution in [0.15, 0.2) is 44.0 Å². The Morgan fingerprint density at radius 3 is 2.74 bits per heavy atom. The lowest BCUT2D eigenvalue weighted by atomic mass is 10.2. The molecule has 2 heterocycles. The lowest BCUT2D eigenvalue weighted by molar-refractivity contribution is 0.0925. The molecule has 23 heavy (non-hydrogen) atoms. The van der Waals surface area contributed by atoms with E-state index in [0.717, 1.165) is 13.0 Å². The molecule has 0 aliphatic rings. The summed E-state index contributed by atoms with van der Waals surface area (Å²) >= 11 is 0. The maximum absolute atomic E-state index is 12.4. The molecular formula is C17H18N2O4. The van der Waals surface area contributed by atoms with Gasteiger partial charge < -0.3 is 19.1 Å². The van der Waals surface area contributed by atoms with Gasteiger partial charge in [-0.2, -0.15) is 0 Å². The normalized spacial score (nSPS) is 11.4. The second-order valence-corrected chi connectivity index (χ2v) is 5.65.